The van der Waals surface area contributed by atoms with E-state index in [1.165, 1.54) is 6.07 Å². The fraction of sp³-hybridized carbons (Fsp3) is 0.636. The second kappa shape index (κ2) is 7.81. The van der Waals surface area contributed by atoms with Crippen molar-refractivity contribution in [3.05, 3.63) is 28.0 Å². The molecule has 0 aliphatic carbocycles. The highest BCUT2D eigenvalue weighted by Crippen LogP contribution is 2.14. The Bertz CT molecular complexity index is 338. The van der Waals surface area contributed by atoms with E-state index in [4.69, 9.17) is 9.15 Å². The van der Waals surface area contributed by atoms with Gasteiger partial charge in [-0.2, -0.15) is 0 Å². The van der Waals surface area contributed by atoms with Crippen molar-refractivity contribution in [2.45, 2.75) is 26.3 Å². The molecule has 96 valence electrons. The van der Waals surface area contributed by atoms with Crippen LogP contribution in [-0.4, -0.2) is 24.7 Å². The van der Waals surface area contributed by atoms with Gasteiger partial charge in [-0.15, -0.1) is 0 Å². The van der Waals surface area contributed by atoms with E-state index < -0.39 is 4.92 Å². The van der Waals surface area contributed by atoms with Crippen LogP contribution in [0.25, 0.3) is 0 Å². The van der Waals surface area contributed by atoms with Crippen LogP contribution in [0, 0.1) is 10.1 Å². The van der Waals surface area contributed by atoms with E-state index in [2.05, 4.69) is 12.2 Å². The molecule has 1 rings (SSSR count). The molecule has 17 heavy (non-hydrogen) atoms. The van der Waals surface area contributed by atoms with Gasteiger partial charge in [0.1, 0.15) is 10.7 Å². The highest BCUT2D eigenvalue weighted by Gasteiger charge is 2.10. The van der Waals surface area contributed by atoms with Crippen molar-refractivity contribution in [1.29, 1.82) is 0 Å². The predicted octanol–water partition coefficient (Wildman–Crippen LogP) is 2.09. The van der Waals surface area contributed by atoms with Crippen molar-refractivity contribution in [2.24, 2.45) is 0 Å². The van der Waals surface area contributed by atoms with E-state index >= 15 is 0 Å². The maximum Gasteiger partial charge on any atom is 0.433 e. The first kappa shape index (κ1) is 13.7. The molecule has 1 aromatic heterocycles. The molecule has 0 aliphatic heterocycles. The van der Waals surface area contributed by atoms with E-state index in [-0.39, 0.29) is 5.88 Å². The molecular weight excluding hydrogens is 224 g/mol. The summed E-state index contributed by atoms with van der Waals surface area (Å²) < 4.78 is 10.3. The Kier molecular flexibility index (Phi) is 6.27. The Labute approximate surface area is 100 Å². The molecule has 0 aromatic carbocycles. The second-order valence-electron chi connectivity index (χ2n) is 3.64. The molecule has 0 spiro atoms. The zero-order valence-corrected chi connectivity index (χ0v) is 9.98. The number of ether oxygens (including phenoxy) is 1. The molecule has 1 aromatic rings. The number of rotatable bonds is 9. The zero-order valence-electron chi connectivity index (χ0n) is 9.98. The van der Waals surface area contributed by atoms with Gasteiger partial charge >= 0.3 is 5.88 Å². The van der Waals surface area contributed by atoms with Gasteiger partial charge < -0.3 is 14.5 Å². The van der Waals surface area contributed by atoms with E-state index in [1.807, 2.05) is 0 Å². The average molecular weight is 242 g/mol. The van der Waals surface area contributed by atoms with Crippen LogP contribution < -0.4 is 5.32 Å². The van der Waals surface area contributed by atoms with Gasteiger partial charge in [-0.3, -0.25) is 10.1 Å². The molecular formula is C11H18N2O4. The predicted molar refractivity (Wildman–Crippen MR) is 62.8 cm³/mol. The zero-order chi connectivity index (χ0) is 12.5. The van der Waals surface area contributed by atoms with E-state index in [9.17, 15) is 10.1 Å². The van der Waals surface area contributed by atoms with Crippen LogP contribution >= 0.6 is 0 Å². The fourth-order valence-electron chi connectivity index (χ4n) is 1.32. The molecule has 1 N–H and O–H groups in total. The Hall–Kier alpha value is -1.40. The van der Waals surface area contributed by atoms with Gasteiger partial charge in [0.15, 0.2) is 0 Å². The summed E-state index contributed by atoms with van der Waals surface area (Å²) in [6.07, 6.45) is 1.95. The quantitative estimate of drug-likeness (QED) is 0.407. The Morgan fingerprint density at radius 2 is 2.29 bits per heavy atom. The first-order valence-corrected chi connectivity index (χ1v) is 5.75. The van der Waals surface area contributed by atoms with Gasteiger partial charge in [0.05, 0.1) is 12.6 Å². The summed E-state index contributed by atoms with van der Waals surface area (Å²) in [5.74, 6) is 0.360. The van der Waals surface area contributed by atoms with Crippen LogP contribution in [0.3, 0.4) is 0 Å². The minimum Gasteiger partial charge on any atom is -0.404 e. The van der Waals surface area contributed by atoms with Gasteiger partial charge in [0.25, 0.3) is 0 Å². The molecule has 1 heterocycles. The standard InChI is InChI=1S/C11H18N2O4/c1-2-7-16-8-3-6-12-9-10-4-5-11(17-10)13(14)15/h4-5,12H,2-3,6-9H2,1H3. The van der Waals surface area contributed by atoms with Crippen LogP contribution in [0.4, 0.5) is 5.88 Å². The maximum absolute atomic E-state index is 10.4. The first-order valence-electron chi connectivity index (χ1n) is 5.75. The minimum atomic E-state index is -0.540. The van der Waals surface area contributed by atoms with Crippen molar-refractivity contribution in [3.8, 4) is 0 Å². The Morgan fingerprint density at radius 3 is 2.94 bits per heavy atom. The lowest BCUT2D eigenvalue weighted by molar-refractivity contribution is -0.402. The fourth-order valence-corrected chi connectivity index (χ4v) is 1.32. The third-order valence-electron chi connectivity index (χ3n) is 2.12. The van der Waals surface area contributed by atoms with E-state index in [0.29, 0.717) is 12.3 Å². The third kappa shape index (κ3) is 5.46. The molecule has 0 aliphatic rings. The molecule has 0 saturated heterocycles. The lowest BCUT2D eigenvalue weighted by Gasteiger charge is -2.03. The number of nitrogens with one attached hydrogen (secondary N) is 1. The molecule has 0 saturated carbocycles. The number of nitrogens with zero attached hydrogens (tertiary/aromatic N) is 1. The van der Waals surface area contributed by atoms with Crippen LogP contribution in [0.5, 0.6) is 0 Å². The average Bonchev–Trinajstić information content (AvgIpc) is 2.77. The number of hydrogen-bond acceptors (Lipinski definition) is 5. The Morgan fingerprint density at radius 1 is 1.47 bits per heavy atom. The second-order valence-corrected chi connectivity index (χ2v) is 3.64. The summed E-state index contributed by atoms with van der Waals surface area (Å²) in [4.78, 5) is 9.83. The van der Waals surface area contributed by atoms with Gasteiger partial charge in [-0.1, -0.05) is 6.92 Å². The minimum absolute atomic E-state index is 0.215. The van der Waals surface area contributed by atoms with Crippen LogP contribution in [0.15, 0.2) is 16.5 Å². The Balaban J connectivity index is 2.07. The van der Waals surface area contributed by atoms with Gasteiger partial charge in [0.2, 0.25) is 0 Å². The summed E-state index contributed by atoms with van der Waals surface area (Å²) >= 11 is 0. The summed E-state index contributed by atoms with van der Waals surface area (Å²) in [6.45, 7) is 4.91. The largest absolute Gasteiger partial charge is 0.433 e. The highest BCUT2D eigenvalue weighted by molar-refractivity contribution is 5.17. The molecule has 0 fully saturated rings. The van der Waals surface area contributed by atoms with Crippen LogP contribution in [0.1, 0.15) is 25.5 Å². The smallest absolute Gasteiger partial charge is 0.404 e. The summed E-state index contributed by atoms with van der Waals surface area (Å²) in [7, 11) is 0. The molecule has 0 atom stereocenters. The lowest BCUT2D eigenvalue weighted by atomic mass is 10.4. The van der Waals surface area contributed by atoms with E-state index in [0.717, 1.165) is 32.6 Å². The normalized spacial score (nSPS) is 10.6. The topological polar surface area (TPSA) is 77.5 Å². The van der Waals surface area contributed by atoms with E-state index in [1.54, 1.807) is 6.07 Å². The molecule has 0 unspecified atom stereocenters. The molecule has 6 nitrogen and oxygen atoms in total. The number of hydrogen-bond donors (Lipinski definition) is 1. The molecule has 0 bridgehead atoms. The van der Waals surface area contributed by atoms with Crippen molar-refractivity contribution >= 4 is 5.88 Å². The summed E-state index contributed by atoms with van der Waals surface area (Å²) in [5.41, 5.74) is 0. The van der Waals surface area contributed by atoms with Crippen LogP contribution in [0.2, 0.25) is 0 Å². The monoisotopic (exact) mass is 242 g/mol. The van der Waals surface area contributed by atoms with Crippen molar-refractivity contribution in [2.75, 3.05) is 19.8 Å². The SMILES string of the molecule is CCCOCCCNCc1ccc([N+](=O)[O-])o1. The number of furan rings is 1. The van der Waals surface area contributed by atoms with Crippen molar-refractivity contribution in [1.82, 2.24) is 5.32 Å². The van der Waals surface area contributed by atoms with Crippen molar-refractivity contribution < 1.29 is 14.1 Å². The molecule has 0 radical (unpaired) electrons. The highest BCUT2D eigenvalue weighted by atomic mass is 16.6. The van der Waals surface area contributed by atoms with Gasteiger partial charge in [0, 0.05) is 13.2 Å². The molecule has 0 amide bonds. The third-order valence-corrected chi connectivity index (χ3v) is 2.12. The molecule has 6 heteroatoms. The van der Waals surface area contributed by atoms with Crippen molar-refractivity contribution in [3.63, 3.8) is 0 Å². The first-order chi connectivity index (χ1) is 8.24. The van der Waals surface area contributed by atoms with Crippen LogP contribution in [-0.2, 0) is 11.3 Å². The summed E-state index contributed by atoms with van der Waals surface area (Å²) in [6, 6.07) is 2.97. The lowest BCUT2D eigenvalue weighted by Crippen LogP contribution is -2.16. The number of nitro groups is 1. The maximum atomic E-state index is 10.4. The van der Waals surface area contributed by atoms with Gasteiger partial charge in [-0.05, 0) is 25.5 Å². The summed E-state index contributed by atoms with van der Waals surface area (Å²) in [5, 5.41) is 13.5. The van der Waals surface area contributed by atoms with Gasteiger partial charge in [-0.25, -0.2) is 0 Å².